The summed E-state index contributed by atoms with van der Waals surface area (Å²) in [5.41, 5.74) is 0.570. The lowest BCUT2D eigenvalue weighted by atomic mass is 10.0. The maximum Gasteiger partial charge on any atom is 0.165 e. The summed E-state index contributed by atoms with van der Waals surface area (Å²) < 4.78 is 19.6. The molecule has 0 amide bonds. The van der Waals surface area contributed by atoms with E-state index in [2.05, 4.69) is 9.88 Å². The Bertz CT molecular complexity index is 741. The van der Waals surface area contributed by atoms with Crippen LogP contribution >= 0.6 is 0 Å². The van der Waals surface area contributed by atoms with Crippen LogP contribution in [0.15, 0.2) is 42.6 Å². The fourth-order valence-corrected chi connectivity index (χ4v) is 4.24. The third-order valence-corrected chi connectivity index (χ3v) is 5.46. The van der Waals surface area contributed by atoms with Crippen molar-refractivity contribution < 1.29 is 19.3 Å². The van der Waals surface area contributed by atoms with Crippen LogP contribution in [0.1, 0.15) is 24.6 Å². The van der Waals surface area contributed by atoms with Crippen LogP contribution in [0.4, 0.5) is 4.39 Å². The molecular weight excluding hydrogens is 335 g/mol. The van der Waals surface area contributed by atoms with Crippen LogP contribution in [0.25, 0.3) is 0 Å². The zero-order valence-electron chi connectivity index (χ0n) is 14.5. The first-order valence-corrected chi connectivity index (χ1v) is 9.05. The molecule has 138 valence electrons. The predicted molar refractivity (Wildman–Crippen MR) is 94.3 cm³/mol. The number of aromatic nitrogens is 1. The lowest BCUT2D eigenvalue weighted by molar-refractivity contribution is 0.112. The van der Waals surface area contributed by atoms with Gasteiger partial charge in [0.25, 0.3) is 0 Å². The molecule has 1 aliphatic carbocycles. The summed E-state index contributed by atoms with van der Waals surface area (Å²) in [5.74, 6) is 1.16. The first-order valence-electron chi connectivity index (χ1n) is 9.05. The van der Waals surface area contributed by atoms with Gasteiger partial charge in [0.1, 0.15) is 11.9 Å². The first-order chi connectivity index (χ1) is 12.6. The maximum absolute atomic E-state index is 13.7. The molecule has 2 N–H and O–H groups in total. The molecule has 1 saturated heterocycles. The molecule has 0 radical (unpaired) electrons. The van der Waals surface area contributed by atoms with E-state index in [4.69, 9.17) is 4.74 Å². The van der Waals surface area contributed by atoms with Crippen molar-refractivity contribution in [1.29, 1.82) is 0 Å². The highest BCUT2D eigenvalue weighted by Gasteiger charge is 2.42. The standard InChI is InChI=1S/C20H23FN2O3/c21-17-3-1-2-4-20(17)26-16-7-13-10-23(11-14(13)8-16)12-19(25)18-6-5-15(24)9-22-18/h1-6,9,13-14,16,19,24-25H,7-8,10-12H2/t13-,14?,16+,19+/m1/s1. The minimum absolute atomic E-state index is 0.0627. The molecule has 26 heavy (non-hydrogen) atoms. The molecule has 2 aliphatic rings. The highest BCUT2D eigenvalue weighted by molar-refractivity contribution is 5.24. The van der Waals surface area contributed by atoms with Crippen molar-refractivity contribution in [3.05, 3.63) is 54.1 Å². The SMILES string of the molecule is Oc1ccc([C@@H](O)CN2CC3C[C@@H](Oc4ccccc4F)C[C@@H]3C2)nc1. The summed E-state index contributed by atoms with van der Waals surface area (Å²) in [7, 11) is 0. The summed E-state index contributed by atoms with van der Waals surface area (Å²) in [6.07, 6.45) is 2.58. The van der Waals surface area contributed by atoms with Crippen LogP contribution in [-0.4, -0.2) is 45.8 Å². The number of β-amino-alcohol motifs (C(OH)–C–C–N with tert-alkyl or cyclic N) is 1. The monoisotopic (exact) mass is 358 g/mol. The van der Waals surface area contributed by atoms with Crippen molar-refractivity contribution in [1.82, 2.24) is 9.88 Å². The highest BCUT2D eigenvalue weighted by Crippen LogP contribution is 2.40. The molecule has 2 aromatic rings. The first kappa shape index (κ1) is 17.2. The van der Waals surface area contributed by atoms with Gasteiger partial charge in [0.05, 0.1) is 18.0 Å². The average molecular weight is 358 g/mol. The summed E-state index contributed by atoms with van der Waals surface area (Å²) in [5, 5.41) is 19.6. The number of ether oxygens (including phenoxy) is 1. The number of aliphatic hydroxyl groups excluding tert-OH is 1. The second-order valence-electron chi connectivity index (χ2n) is 7.34. The zero-order valence-corrected chi connectivity index (χ0v) is 14.5. The van der Waals surface area contributed by atoms with Gasteiger partial charge >= 0.3 is 0 Å². The van der Waals surface area contributed by atoms with Gasteiger partial charge in [-0.1, -0.05) is 12.1 Å². The number of nitrogens with zero attached hydrogens (tertiary/aromatic N) is 2. The zero-order chi connectivity index (χ0) is 18.1. The highest BCUT2D eigenvalue weighted by atomic mass is 19.1. The molecular formula is C20H23FN2O3. The summed E-state index contributed by atoms with van der Waals surface area (Å²) >= 11 is 0. The Morgan fingerprint density at radius 3 is 2.54 bits per heavy atom. The molecule has 6 heteroatoms. The van der Waals surface area contributed by atoms with Gasteiger partial charge in [-0.15, -0.1) is 0 Å². The van der Waals surface area contributed by atoms with E-state index in [1.807, 2.05) is 0 Å². The van der Waals surface area contributed by atoms with Crippen molar-refractivity contribution in [2.24, 2.45) is 11.8 Å². The van der Waals surface area contributed by atoms with Crippen LogP contribution in [0.3, 0.4) is 0 Å². The van der Waals surface area contributed by atoms with Crippen LogP contribution < -0.4 is 4.74 Å². The smallest absolute Gasteiger partial charge is 0.165 e. The summed E-state index contributed by atoms with van der Waals surface area (Å²) in [6, 6.07) is 9.73. The van der Waals surface area contributed by atoms with Gasteiger partial charge in [-0.05, 0) is 48.9 Å². The Morgan fingerprint density at radius 1 is 1.15 bits per heavy atom. The second kappa shape index (κ2) is 7.21. The number of aliphatic hydroxyl groups is 1. The molecule has 0 bridgehead atoms. The van der Waals surface area contributed by atoms with Crippen molar-refractivity contribution in [3.63, 3.8) is 0 Å². The van der Waals surface area contributed by atoms with E-state index in [1.54, 1.807) is 24.3 Å². The van der Waals surface area contributed by atoms with Crippen LogP contribution in [0.2, 0.25) is 0 Å². The Morgan fingerprint density at radius 2 is 1.88 bits per heavy atom. The Labute approximate surface area is 152 Å². The number of benzene rings is 1. The van der Waals surface area contributed by atoms with Gasteiger partial charge in [0.2, 0.25) is 0 Å². The van der Waals surface area contributed by atoms with Crippen molar-refractivity contribution >= 4 is 0 Å². The predicted octanol–water partition coefficient (Wildman–Crippen LogP) is 2.75. The van der Waals surface area contributed by atoms with Crippen molar-refractivity contribution in [2.75, 3.05) is 19.6 Å². The Hall–Kier alpha value is -2.18. The largest absolute Gasteiger partial charge is 0.506 e. The number of para-hydroxylation sites is 1. The fraction of sp³-hybridized carbons (Fsp3) is 0.450. The van der Waals surface area contributed by atoms with E-state index in [9.17, 15) is 14.6 Å². The van der Waals surface area contributed by atoms with E-state index in [-0.39, 0.29) is 17.7 Å². The minimum atomic E-state index is -0.667. The van der Waals surface area contributed by atoms with Gasteiger partial charge in [0, 0.05) is 19.6 Å². The van der Waals surface area contributed by atoms with E-state index < -0.39 is 6.10 Å². The number of halogens is 1. The van der Waals surface area contributed by atoms with E-state index in [1.165, 1.54) is 18.3 Å². The summed E-state index contributed by atoms with van der Waals surface area (Å²) in [6.45, 7) is 2.36. The van der Waals surface area contributed by atoms with Crippen molar-refractivity contribution in [2.45, 2.75) is 25.0 Å². The molecule has 1 aromatic carbocycles. The number of rotatable bonds is 5. The summed E-state index contributed by atoms with van der Waals surface area (Å²) in [4.78, 5) is 6.34. The molecule has 1 aromatic heterocycles. The average Bonchev–Trinajstić information content (AvgIpc) is 3.15. The van der Waals surface area contributed by atoms with Gasteiger partial charge < -0.3 is 14.9 Å². The van der Waals surface area contributed by atoms with E-state index >= 15 is 0 Å². The number of hydrogen-bond acceptors (Lipinski definition) is 5. The second-order valence-corrected chi connectivity index (χ2v) is 7.34. The minimum Gasteiger partial charge on any atom is -0.506 e. The molecule has 2 fully saturated rings. The molecule has 2 heterocycles. The molecule has 4 atom stereocenters. The van der Waals surface area contributed by atoms with Gasteiger partial charge in [-0.3, -0.25) is 9.88 Å². The van der Waals surface area contributed by atoms with Crippen molar-refractivity contribution in [3.8, 4) is 11.5 Å². The van der Waals surface area contributed by atoms with Gasteiger partial charge in [0.15, 0.2) is 11.6 Å². The third kappa shape index (κ3) is 3.66. The number of aromatic hydroxyl groups is 1. The van der Waals surface area contributed by atoms with E-state index in [0.29, 0.717) is 29.8 Å². The van der Waals surface area contributed by atoms with Gasteiger partial charge in [-0.25, -0.2) is 4.39 Å². The van der Waals surface area contributed by atoms with Crippen LogP contribution in [0.5, 0.6) is 11.5 Å². The lowest BCUT2D eigenvalue weighted by Gasteiger charge is -2.22. The molecule has 1 saturated carbocycles. The lowest BCUT2D eigenvalue weighted by Crippen LogP contribution is -2.29. The normalized spacial score (nSPS) is 26.6. The third-order valence-electron chi connectivity index (χ3n) is 5.46. The quantitative estimate of drug-likeness (QED) is 0.860. The number of hydrogen-bond donors (Lipinski definition) is 2. The van der Waals surface area contributed by atoms with Gasteiger partial charge in [-0.2, -0.15) is 0 Å². The van der Waals surface area contributed by atoms with Crippen LogP contribution in [-0.2, 0) is 0 Å². The molecule has 0 spiro atoms. The Balaban J connectivity index is 1.29. The Kier molecular flexibility index (Phi) is 4.78. The number of pyridine rings is 1. The van der Waals surface area contributed by atoms with Crippen LogP contribution in [0, 0.1) is 17.7 Å². The molecule has 1 aliphatic heterocycles. The topological polar surface area (TPSA) is 65.8 Å². The maximum atomic E-state index is 13.7. The number of fused-ring (bicyclic) bond motifs is 1. The molecule has 5 nitrogen and oxygen atoms in total. The number of likely N-dealkylation sites (tertiary alicyclic amines) is 1. The molecule has 4 rings (SSSR count). The van der Waals surface area contributed by atoms with E-state index in [0.717, 1.165) is 25.9 Å². The fourth-order valence-electron chi connectivity index (χ4n) is 4.24. The molecule has 1 unspecified atom stereocenters.